The minimum Gasteiger partial charge on any atom is -0.493 e. The smallest absolute Gasteiger partial charge is 0.173 e. The second-order valence-electron chi connectivity index (χ2n) is 8.15. The summed E-state index contributed by atoms with van der Waals surface area (Å²) in [5.74, 6) is 2.93. The summed E-state index contributed by atoms with van der Waals surface area (Å²) in [6, 6.07) is 20.2. The summed E-state index contributed by atoms with van der Waals surface area (Å²) in [6.45, 7) is 4.01. The van der Waals surface area contributed by atoms with Crippen molar-refractivity contribution in [3.05, 3.63) is 84.1 Å². The molecular weight excluding hydrogens is 432 g/mol. The van der Waals surface area contributed by atoms with Crippen LogP contribution in [0.1, 0.15) is 23.2 Å². The first-order valence-electron chi connectivity index (χ1n) is 11.3. The molecule has 9 nitrogen and oxygen atoms in total. The molecule has 0 radical (unpaired) electrons. The largest absolute Gasteiger partial charge is 0.493 e. The summed E-state index contributed by atoms with van der Waals surface area (Å²) >= 11 is 0. The van der Waals surface area contributed by atoms with Gasteiger partial charge in [0, 0.05) is 31.9 Å². The van der Waals surface area contributed by atoms with Crippen LogP contribution in [0.2, 0.25) is 0 Å². The number of anilines is 1. The third-order valence-corrected chi connectivity index (χ3v) is 6.21. The molecule has 5 rings (SSSR count). The number of tetrazole rings is 1. The van der Waals surface area contributed by atoms with E-state index in [2.05, 4.69) is 55.7 Å². The van der Waals surface area contributed by atoms with Gasteiger partial charge in [-0.15, -0.1) is 5.10 Å². The molecule has 0 bridgehead atoms. The van der Waals surface area contributed by atoms with Crippen molar-refractivity contribution >= 4 is 5.69 Å². The second-order valence-corrected chi connectivity index (χ2v) is 8.15. The number of nitrogens with zero attached hydrogens (tertiary/aromatic N) is 6. The molecule has 0 N–H and O–H groups in total. The molecule has 9 heteroatoms. The fourth-order valence-electron chi connectivity index (χ4n) is 4.49. The molecule has 0 aliphatic carbocycles. The monoisotopic (exact) mass is 460 g/mol. The van der Waals surface area contributed by atoms with Crippen LogP contribution >= 0.6 is 0 Å². The van der Waals surface area contributed by atoms with Crippen LogP contribution in [0.3, 0.4) is 0 Å². The fourth-order valence-corrected chi connectivity index (χ4v) is 4.49. The predicted molar refractivity (Wildman–Crippen MR) is 127 cm³/mol. The maximum absolute atomic E-state index is 5.60. The molecule has 0 amide bonds. The highest BCUT2D eigenvalue weighted by molar-refractivity contribution is 5.47. The highest BCUT2D eigenvalue weighted by Gasteiger charge is 2.31. The molecule has 34 heavy (non-hydrogen) atoms. The Hall–Kier alpha value is -3.85. The van der Waals surface area contributed by atoms with Gasteiger partial charge in [0.2, 0.25) is 0 Å². The van der Waals surface area contributed by atoms with Crippen LogP contribution in [0.15, 0.2) is 71.3 Å². The average Bonchev–Trinajstić information content (AvgIpc) is 3.58. The molecule has 2 aromatic carbocycles. The number of ether oxygens (including phenoxy) is 2. The van der Waals surface area contributed by atoms with Crippen molar-refractivity contribution in [3.8, 4) is 11.5 Å². The Morgan fingerprint density at radius 2 is 1.71 bits per heavy atom. The summed E-state index contributed by atoms with van der Waals surface area (Å²) in [6.07, 6.45) is 1.66. The standard InChI is InChI=1S/C25H28N6O3/c1-32-22-11-10-19(17-23(22)33-2)24(25-26-27-28-31(25)18-21-9-6-16-34-21)30-14-12-29(13-15-30)20-7-4-3-5-8-20/h3-11,16-17,24H,12-15,18H2,1-2H3/t24-/m0/s1. The van der Waals surface area contributed by atoms with Gasteiger partial charge in [0.05, 0.1) is 26.5 Å². The zero-order valence-corrected chi connectivity index (χ0v) is 19.4. The summed E-state index contributed by atoms with van der Waals surface area (Å²) in [5, 5.41) is 12.7. The van der Waals surface area contributed by atoms with E-state index < -0.39 is 0 Å². The van der Waals surface area contributed by atoms with E-state index in [1.54, 1.807) is 20.5 Å². The number of piperazine rings is 1. The van der Waals surface area contributed by atoms with Crippen molar-refractivity contribution in [2.75, 3.05) is 45.3 Å². The van der Waals surface area contributed by atoms with E-state index in [1.165, 1.54) is 5.69 Å². The maximum atomic E-state index is 5.60. The quantitative estimate of drug-likeness (QED) is 0.396. The average molecular weight is 461 g/mol. The van der Waals surface area contributed by atoms with Crippen molar-refractivity contribution in [2.24, 2.45) is 0 Å². The first-order valence-corrected chi connectivity index (χ1v) is 11.3. The van der Waals surface area contributed by atoms with Crippen molar-refractivity contribution in [2.45, 2.75) is 12.6 Å². The molecule has 4 aromatic rings. The number of aromatic nitrogens is 4. The van der Waals surface area contributed by atoms with Crippen molar-refractivity contribution in [1.82, 2.24) is 25.1 Å². The molecule has 0 spiro atoms. The summed E-state index contributed by atoms with van der Waals surface area (Å²) < 4.78 is 18.4. The van der Waals surface area contributed by atoms with Crippen LogP contribution in [0.25, 0.3) is 0 Å². The van der Waals surface area contributed by atoms with Crippen molar-refractivity contribution in [1.29, 1.82) is 0 Å². The Bertz CT molecular complexity index is 1190. The van der Waals surface area contributed by atoms with Gasteiger partial charge in [0.15, 0.2) is 17.3 Å². The Balaban J connectivity index is 1.47. The van der Waals surface area contributed by atoms with E-state index in [1.807, 2.05) is 35.0 Å². The first kappa shape index (κ1) is 22.0. The van der Waals surface area contributed by atoms with E-state index in [4.69, 9.17) is 13.9 Å². The molecule has 0 unspecified atom stereocenters. The van der Waals surface area contributed by atoms with Gasteiger partial charge < -0.3 is 18.8 Å². The molecule has 1 fully saturated rings. The molecule has 3 heterocycles. The van der Waals surface area contributed by atoms with E-state index in [0.29, 0.717) is 18.0 Å². The molecule has 0 saturated carbocycles. The van der Waals surface area contributed by atoms with Gasteiger partial charge >= 0.3 is 0 Å². The molecule has 2 aromatic heterocycles. The minimum absolute atomic E-state index is 0.150. The lowest BCUT2D eigenvalue weighted by molar-refractivity contribution is 0.200. The van der Waals surface area contributed by atoms with Gasteiger partial charge in [0.25, 0.3) is 0 Å². The van der Waals surface area contributed by atoms with Crippen LogP contribution in [0.5, 0.6) is 11.5 Å². The van der Waals surface area contributed by atoms with Crippen LogP contribution in [0.4, 0.5) is 5.69 Å². The van der Waals surface area contributed by atoms with Crippen LogP contribution < -0.4 is 14.4 Å². The normalized spacial score (nSPS) is 15.3. The van der Waals surface area contributed by atoms with Crippen LogP contribution in [0, 0.1) is 0 Å². The Morgan fingerprint density at radius 3 is 2.41 bits per heavy atom. The zero-order valence-electron chi connectivity index (χ0n) is 19.4. The molecule has 1 aliphatic rings. The van der Waals surface area contributed by atoms with Crippen LogP contribution in [-0.4, -0.2) is 65.5 Å². The summed E-state index contributed by atoms with van der Waals surface area (Å²) in [7, 11) is 3.29. The van der Waals surface area contributed by atoms with Gasteiger partial charge in [-0.25, -0.2) is 4.68 Å². The van der Waals surface area contributed by atoms with Gasteiger partial charge in [-0.3, -0.25) is 4.90 Å². The molecule has 1 atom stereocenters. The predicted octanol–water partition coefficient (Wildman–Crippen LogP) is 3.24. The molecule has 1 aliphatic heterocycles. The lowest BCUT2D eigenvalue weighted by Crippen LogP contribution is -2.48. The first-order chi connectivity index (χ1) is 16.8. The number of hydrogen-bond donors (Lipinski definition) is 0. The molecule has 1 saturated heterocycles. The van der Waals surface area contributed by atoms with Gasteiger partial charge in [-0.1, -0.05) is 24.3 Å². The molecular formula is C25H28N6O3. The number of benzene rings is 2. The van der Waals surface area contributed by atoms with E-state index >= 15 is 0 Å². The van der Waals surface area contributed by atoms with Gasteiger partial charge in [-0.2, -0.15) is 0 Å². The highest BCUT2D eigenvalue weighted by atomic mass is 16.5. The van der Waals surface area contributed by atoms with E-state index in [9.17, 15) is 0 Å². The Morgan fingerprint density at radius 1 is 0.912 bits per heavy atom. The number of hydrogen-bond acceptors (Lipinski definition) is 8. The number of furan rings is 1. The second kappa shape index (κ2) is 9.96. The van der Waals surface area contributed by atoms with E-state index in [-0.39, 0.29) is 6.04 Å². The third kappa shape index (κ3) is 4.47. The number of para-hydroxylation sites is 1. The lowest BCUT2D eigenvalue weighted by atomic mass is 10.0. The number of rotatable bonds is 8. The minimum atomic E-state index is -0.150. The topological polar surface area (TPSA) is 81.7 Å². The van der Waals surface area contributed by atoms with Gasteiger partial charge in [0.1, 0.15) is 12.3 Å². The van der Waals surface area contributed by atoms with Crippen molar-refractivity contribution in [3.63, 3.8) is 0 Å². The SMILES string of the molecule is COc1ccc([C@@H](c2nnnn2Cc2ccco2)N2CCN(c3ccccc3)CC2)cc1OC. The molecule has 176 valence electrons. The van der Waals surface area contributed by atoms with Crippen LogP contribution in [-0.2, 0) is 6.54 Å². The Kier molecular flexibility index (Phi) is 6.44. The summed E-state index contributed by atoms with van der Waals surface area (Å²) in [5.41, 5.74) is 2.29. The summed E-state index contributed by atoms with van der Waals surface area (Å²) in [4.78, 5) is 4.83. The van der Waals surface area contributed by atoms with Gasteiger partial charge in [-0.05, 0) is 52.4 Å². The third-order valence-electron chi connectivity index (χ3n) is 6.21. The van der Waals surface area contributed by atoms with Crippen molar-refractivity contribution < 1.29 is 13.9 Å². The fraction of sp³-hybridized carbons (Fsp3) is 0.320. The number of methoxy groups -OCH3 is 2. The zero-order chi connectivity index (χ0) is 23.3. The lowest BCUT2D eigenvalue weighted by Gasteiger charge is -2.40. The maximum Gasteiger partial charge on any atom is 0.173 e. The highest BCUT2D eigenvalue weighted by Crippen LogP contribution is 2.35. The Labute approximate surface area is 198 Å². The van der Waals surface area contributed by atoms with E-state index in [0.717, 1.165) is 43.3 Å².